The van der Waals surface area contributed by atoms with Crippen LogP contribution >= 0.6 is 85.9 Å². The summed E-state index contributed by atoms with van der Waals surface area (Å²) in [5.74, 6) is 0.853. The Bertz CT molecular complexity index is 1240. The number of hydrogen-bond donors (Lipinski definition) is 5. The Hall–Kier alpha value is -1.25. The van der Waals surface area contributed by atoms with Crippen molar-refractivity contribution in [1.29, 1.82) is 0 Å². The van der Waals surface area contributed by atoms with Gasteiger partial charge < -0.3 is 28.4 Å². The van der Waals surface area contributed by atoms with Crippen molar-refractivity contribution in [2.75, 3.05) is 19.1 Å². The van der Waals surface area contributed by atoms with Crippen LogP contribution in [-0.4, -0.2) is 43.4 Å². The Balaban J connectivity index is -0.000000567. The lowest BCUT2D eigenvalue weighted by Crippen LogP contribution is -3.00. The van der Waals surface area contributed by atoms with Gasteiger partial charge in [0.05, 0.1) is 25.5 Å². The van der Waals surface area contributed by atoms with Gasteiger partial charge in [-0.1, -0.05) is 78.4 Å². The highest BCUT2D eigenvalue weighted by Gasteiger charge is 2.20. The van der Waals surface area contributed by atoms with Crippen molar-refractivity contribution in [2.24, 2.45) is 0 Å². The van der Waals surface area contributed by atoms with Crippen LogP contribution in [0.5, 0.6) is 5.75 Å². The fourth-order valence-electron chi connectivity index (χ4n) is 2.47. The molecule has 0 spiro atoms. The number of rotatable bonds is 8. The number of nitrogens with two attached hydrogens (primary N) is 1. The highest BCUT2D eigenvalue weighted by atomic mass is 35.5. The molecule has 0 bridgehead atoms. The van der Waals surface area contributed by atoms with Crippen LogP contribution in [0.25, 0.3) is 0 Å². The molecule has 0 amide bonds. The number of nitrogen functional groups attached to an aromatic ring is 1. The van der Waals surface area contributed by atoms with Crippen LogP contribution in [0.15, 0.2) is 38.0 Å². The number of aromatic nitrogens is 3. The number of hydrogen-bond acceptors (Lipinski definition) is 10. The number of phenols is 1. The molecule has 3 aromatic rings. The molecule has 0 saturated heterocycles. The number of aliphatic hydroxyl groups is 1. The van der Waals surface area contributed by atoms with E-state index in [0.717, 1.165) is 11.3 Å². The van der Waals surface area contributed by atoms with Crippen molar-refractivity contribution < 1.29 is 55.2 Å². The number of anilines is 1. The normalized spacial score (nSPS) is 10.1. The zero-order valence-corrected chi connectivity index (χ0v) is 30.4. The lowest BCUT2D eigenvalue weighted by Gasteiger charge is -2.06. The van der Waals surface area contributed by atoms with Crippen LogP contribution in [-0.2, 0) is 31.1 Å². The summed E-state index contributed by atoms with van der Waals surface area (Å²) in [6, 6.07) is 0. The molecule has 0 radical (unpaired) electrons. The zero-order chi connectivity index (χ0) is 33.9. The lowest BCUT2D eigenvalue weighted by atomic mass is 10.2. The van der Waals surface area contributed by atoms with Gasteiger partial charge in [0.2, 0.25) is 5.51 Å². The second kappa shape index (κ2) is 25.9. The van der Waals surface area contributed by atoms with Crippen LogP contribution in [0.2, 0.25) is 25.1 Å². The Labute approximate surface area is 292 Å². The molecule has 3 rings (SSSR count). The Kier molecular flexibility index (Phi) is 27.7. The highest BCUT2D eigenvalue weighted by Crippen LogP contribution is 2.47. The fraction of sp³-hybridized carbons (Fsp3) is 0.261. The Morgan fingerprint density at radius 2 is 1.41 bits per heavy atom. The predicted molar refractivity (Wildman–Crippen MR) is 173 cm³/mol. The van der Waals surface area contributed by atoms with Crippen molar-refractivity contribution in [1.82, 2.24) is 9.97 Å². The van der Waals surface area contributed by atoms with E-state index < -0.39 is 23.3 Å². The number of aliphatic hydroxyl groups excluding tert-OH is 1. The van der Waals surface area contributed by atoms with E-state index in [1.54, 1.807) is 17.5 Å². The van der Waals surface area contributed by atoms with Gasteiger partial charge >= 0.3 is 16.5 Å². The maximum atomic E-state index is 9.65. The number of phenolic OH excluding ortho intramolecular Hbond substituents is 1. The van der Waals surface area contributed by atoms with Gasteiger partial charge in [-0.25, -0.2) is 9.97 Å². The second-order valence-corrected chi connectivity index (χ2v) is 11.2. The van der Waals surface area contributed by atoms with Gasteiger partial charge in [-0.2, -0.15) is 4.57 Å². The molecule has 0 saturated carbocycles. The summed E-state index contributed by atoms with van der Waals surface area (Å²) in [6.45, 7) is 16.1. The third-order valence-electron chi connectivity index (χ3n) is 4.37. The van der Waals surface area contributed by atoms with E-state index >= 15 is 0 Å². The molecular weight excluding hydrogens is 767 g/mol. The quantitative estimate of drug-likeness (QED) is 0.0550. The molecule has 2 aromatic heterocycles. The summed E-state index contributed by atoms with van der Waals surface area (Å²) in [6.07, 6.45) is 2.47. The van der Waals surface area contributed by atoms with Gasteiger partial charge in [-0.15, -0.1) is 36.1 Å². The van der Waals surface area contributed by atoms with Crippen molar-refractivity contribution in [2.45, 2.75) is 26.8 Å². The van der Waals surface area contributed by atoms with Crippen LogP contribution in [0.3, 0.4) is 0 Å². The molecule has 2 heterocycles. The molecule has 1 aromatic carbocycles. The molecule has 0 aliphatic heterocycles. The lowest BCUT2D eigenvalue weighted by molar-refractivity contribution is -0.689. The third-order valence-corrected chi connectivity index (χ3v) is 8.42. The molecule has 2 atom stereocenters. The molecule has 6 N–H and O–H groups in total. The largest absolute Gasteiger partial charge is 1.00 e. The SMILES string of the molecule is C=C.C=C.Cc1ncc(C[n+]2csc(CCO)c2C)c(N)n1.O=[P+](O)OCO[P+](=O)O.Oc1c(Cl)c(Cl)c(Cl)c(Cl)c1Cl.[Cl-]. The van der Waals surface area contributed by atoms with Crippen molar-refractivity contribution in [3.63, 3.8) is 0 Å². The van der Waals surface area contributed by atoms with E-state index in [2.05, 4.69) is 49.9 Å². The first-order valence-corrected chi connectivity index (χ1v) is 16.2. The minimum Gasteiger partial charge on any atom is -1.00 e. The first-order chi connectivity index (χ1) is 20.2. The van der Waals surface area contributed by atoms with E-state index in [4.69, 9.17) is 78.6 Å². The minimum absolute atomic E-state index is 0. The summed E-state index contributed by atoms with van der Waals surface area (Å²) in [5.41, 5.74) is 10.0. The number of nitrogens with zero attached hydrogens (tertiary/aromatic N) is 3. The first-order valence-electron chi connectivity index (χ1n) is 11.1. The maximum absolute atomic E-state index is 9.65. The van der Waals surface area contributed by atoms with Gasteiger partial charge in [-0.05, 0) is 6.92 Å². The van der Waals surface area contributed by atoms with Gasteiger partial charge in [0.15, 0.2) is 18.0 Å². The van der Waals surface area contributed by atoms with Crippen LogP contribution in [0.4, 0.5) is 5.82 Å². The summed E-state index contributed by atoms with van der Waals surface area (Å²) in [5, 5.41) is 18.0. The smallest absolute Gasteiger partial charge is 0.697 e. The van der Waals surface area contributed by atoms with Crippen LogP contribution in [0.1, 0.15) is 22.0 Å². The van der Waals surface area contributed by atoms with E-state index in [1.807, 2.05) is 19.4 Å². The molecule has 0 aliphatic rings. The fourth-order valence-corrected chi connectivity index (χ4v) is 4.96. The zero-order valence-electron chi connectivity index (χ0n) is 23.2. The van der Waals surface area contributed by atoms with Gasteiger partial charge in [0.25, 0.3) is 6.79 Å². The monoisotopic (exact) mass is 794 g/mol. The molecule has 21 heteroatoms. The number of benzene rings is 1. The van der Waals surface area contributed by atoms with Crippen molar-refractivity contribution in [3.05, 3.63) is 85.1 Å². The molecule has 0 fully saturated rings. The van der Waals surface area contributed by atoms with E-state index in [0.29, 0.717) is 24.6 Å². The standard InChI is InChI=1S/C12H17N4OS.C6HCl5O.2C2H4.CH2O6P2.ClH/c1-8-11(3-4-17)18-7-16(8)6-10-5-14-9(2)15-12(10)13;7-1-2(8)4(10)6(12)5(11)3(1)9;2*1-2;2-8(3)6-1-7-9(4)5;/h5,7,17H,3-4,6H2,1-2H3,(H2,13,14,15);12H;2*1-2H2;1H2;1H/q+1;;;;;/p+1. The van der Waals surface area contributed by atoms with Gasteiger partial charge in [0, 0.05) is 35.3 Å². The van der Waals surface area contributed by atoms with Gasteiger partial charge in [0.1, 0.15) is 21.7 Å². The Morgan fingerprint density at radius 3 is 1.82 bits per heavy atom. The van der Waals surface area contributed by atoms with Gasteiger partial charge in [-0.3, -0.25) is 0 Å². The molecule has 2 unspecified atom stereocenters. The average molecular weight is 797 g/mol. The highest BCUT2D eigenvalue weighted by molar-refractivity contribution is 7.32. The molecule has 12 nitrogen and oxygen atoms in total. The van der Waals surface area contributed by atoms with Crippen molar-refractivity contribution in [3.8, 4) is 5.75 Å². The van der Waals surface area contributed by atoms with Crippen LogP contribution in [0, 0.1) is 13.8 Å². The van der Waals surface area contributed by atoms with E-state index in [-0.39, 0.29) is 49.9 Å². The molecule has 44 heavy (non-hydrogen) atoms. The number of aromatic hydroxyl groups is 1. The van der Waals surface area contributed by atoms with Crippen LogP contribution < -0.4 is 22.7 Å². The Morgan fingerprint density at radius 1 is 0.955 bits per heavy atom. The van der Waals surface area contributed by atoms with Crippen molar-refractivity contribution >= 4 is 91.7 Å². The summed E-state index contributed by atoms with van der Waals surface area (Å²) < 4.78 is 29.1. The topological polar surface area (TPSA) is 189 Å². The minimum atomic E-state index is -2.75. The summed E-state index contributed by atoms with van der Waals surface area (Å²) in [7, 11) is -5.49. The average Bonchev–Trinajstić information content (AvgIpc) is 3.32. The molecular formula is C23H30Cl6N4O8P2S+2. The summed E-state index contributed by atoms with van der Waals surface area (Å²) in [4.78, 5) is 25.3. The van der Waals surface area contributed by atoms with E-state index in [9.17, 15) is 14.2 Å². The van der Waals surface area contributed by atoms with E-state index in [1.165, 1.54) is 4.88 Å². The second-order valence-electron chi connectivity index (χ2n) is 6.93. The number of thiazole rings is 1. The first kappa shape index (κ1) is 47.2. The molecule has 246 valence electrons. The summed E-state index contributed by atoms with van der Waals surface area (Å²) >= 11 is 29.6. The predicted octanol–water partition coefficient (Wildman–Crippen LogP) is 4.15. The third kappa shape index (κ3) is 16.9. The number of halogens is 6. The molecule has 0 aliphatic carbocycles. The number of aryl methyl sites for hydroxylation is 1. The maximum Gasteiger partial charge on any atom is 0.697 e.